The minimum Gasteiger partial charge on any atom is -0.341 e. The fourth-order valence-electron chi connectivity index (χ4n) is 2.36. The Morgan fingerprint density at radius 1 is 1.39 bits per heavy atom. The second kappa shape index (κ2) is 7.05. The number of carbonyl (C=O) groups excluding carboxylic acids is 1. The van der Waals surface area contributed by atoms with E-state index >= 15 is 0 Å². The maximum absolute atomic E-state index is 12.3. The summed E-state index contributed by atoms with van der Waals surface area (Å²) >= 11 is 4.97. The van der Waals surface area contributed by atoms with Crippen LogP contribution in [0.1, 0.15) is 30.1 Å². The molecule has 0 bridgehead atoms. The minimum atomic E-state index is 0.0849. The van der Waals surface area contributed by atoms with E-state index in [2.05, 4.69) is 26.1 Å². The molecule has 0 unspecified atom stereocenters. The standard InChI is InChI=1S/C16H19BrN4OS/c1-20(9-12-5-3-4-6-13(12)17)14(22)10-23-16-19-18-15(21(16)2)11-7-8-11/h3-6,11H,7-10H2,1-2H3. The zero-order valence-corrected chi connectivity index (χ0v) is 15.6. The number of aromatic nitrogens is 3. The number of amides is 1. The number of rotatable bonds is 6. The third-order valence-electron chi connectivity index (χ3n) is 3.93. The van der Waals surface area contributed by atoms with Gasteiger partial charge in [-0.2, -0.15) is 0 Å². The van der Waals surface area contributed by atoms with Crippen LogP contribution in [0.3, 0.4) is 0 Å². The average Bonchev–Trinajstić information content (AvgIpc) is 3.31. The van der Waals surface area contributed by atoms with E-state index in [1.54, 1.807) is 4.90 Å². The largest absolute Gasteiger partial charge is 0.341 e. The number of hydrogen-bond donors (Lipinski definition) is 0. The Hall–Kier alpha value is -1.34. The lowest BCUT2D eigenvalue weighted by atomic mass is 10.2. The van der Waals surface area contributed by atoms with Gasteiger partial charge in [0.2, 0.25) is 5.91 Å². The van der Waals surface area contributed by atoms with Crippen molar-refractivity contribution in [3.05, 3.63) is 40.1 Å². The summed E-state index contributed by atoms with van der Waals surface area (Å²) in [5.41, 5.74) is 1.10. The van der Waals surface area contributed by atoms with E-state index in [4.69, 9.17) is 0 Å². The first-order valence-electron chi connectivity index (χ1n) is 7.55. The highest BCUT2D eigenvalue weighted by Crippen LogP contribution is 2.39. The Kier molecular flexibility index (Phi) is 5.06. The van der Waals surface area contributed by atoms with Gasteiger partial charge in [0.25, 0.3) is 0 Å². The van der Waals surface area contributed by atoms with Crippen LogP contribution in [0.15, 0.2) is 33.9 Å². The van der Waals surface area contributed by atoms with Crippen molar-refractivity contribution in [3.63, 3.8) is 0 Å². The van der Waals surface area contributed by atoms with Gasteiger partial charge in [0, 0.05) is 31.0 Å². The molecule has 0 aliphatic heterocycles. The van der Waals surface area contributed by atoms with Crippen LogP contribution < -0.4 is 0 Å². The molecule has 23 heavy (non-hydrogen) atoms. The van der Waals surface area contributed by atoms with E-state index in [0.29, 0.717) is 18.2 Å². The van der Waals surface area contributed by atoms with E-state index in [9.17, 15) is 4.79 Å². The van der Waals surface area contributed by atoms with Crippen LogP contribution in [0.25, 0.3) is 0 Å². The van der Waals surface area contributed by atoms with E-state index in [1.807, 2.05) is 42.9 Å². The summed E-state index contributed by atoms with van der Waals surface area (Å²) in [5.74, 6) is 2.07. The van der Waals surface area contributed by atoms with Gasteiger partial charge in [0.1, 0.15) is 5.82 Å². The first-order chi connectivity index (χ1) is 11.1. The summed E-state index contributed by atoms with van der Waals surface area (Å²) in [6, 6.07) is 7.95. The van der Waals surface area contributed by atoms with E-state index in [0.717, 1.165) is 21.0 Å². The van der Waals surface area contributed by atoms with Crippen LogP contribution in [0.5, 0.6) is 0 Å². The Morgan fingerprint density at radius 2 is 2.13 bits per heavy atom. The highest BCUT2D eigenvalue weighted by Gasteiger charge is 2.29. The third kappa shape index (κ3) is 3.95. The van der Waals surface area contributed by atoms with Gasteiger partial charge >= 0.3 is 0 Å². The number of carbonyl (C=O) groups is 1. The van der Waals surface area contributed by atoms with Gasteiger partial charge in [-0.25, -0.2) is 0 Å². The SMILES string of the molecule is CN(Cc1ccccc1Br)C(=O)CSc1nnc(C2CC2)n1C. The first kappa shape index (κ1) is 16.5. The number of hydrogen-bond acceptors (Lipinski definition) is 4. The predicted octanol–water partition coefficient (Wildman–Crippen LogP) is 3.21. The molecular weight excluding hydrogens is 376 g/mol. The minimum absolute atomic E-state index is 0.0849. The Morgan fingerprint density at radius 3 is 2.83 bits per heavy atom. The van der Waals surface area contributed by atoms with Crippen molar-refractivity contribution in [2.75, 3.05) is 12.8 Å². The van der Waals surface area contributed by atoms with Gasteiger partial charge in [-0.05, 0) is 24.5 Å². The molecule has 5 nitrogen and oxygen atoms in total. The molecule has 122 valence electrons. The van der Waals surface area contributed by atoms with Crippen molar-refractivity contribution in [1.82, 2.24) is 19.7 Å². The molecule has 0 spiro atoms. The van der Waals surface area contributed by atoms with Gasteiger partial charge in [0.05, 0.1) is 5.75 Å². The zero-order chi connectivity index (χ0) is 16.4. The molecular formula is C16H19BrN4OS. The van der Waals surface area contributed by atoms with Crippen LogP contribution in [0.2, 0.25) is 0 Å². The fourth-order valence-corrected chi connectivity index (χ4v) is 3.62. The summed E-state index contributed by atoms with van der Waals surface area (Å²) in [4.78, 5) is 14.1. The molecule has 3 rings (SSSR count). The highest BCUT2D eigenvalue weighted by atomic mass is 79.9. The smallest absolute Gasteiger partial charge is 0.233 e. The normalized spacial score (nSPS) is 14.0. The lowest BCUT2D eigenvalue weighted by Crippen LogP contribution is -2.28. The number of nitrogens with zero attached hydrogens (tertiary/aromatic N) is 4. The van der Waals surface area contributed by atoms with Gasteiger partial charge in [-0.1, -0.05) is 45.9 Å². The molecule has 2 aromatic rings. The van der Waals surface area contributed by atoms with Gasteiger partial charge in [-0.15, -0.1) is 10.2 Å². The summed E-state index contributed by atoms with van der Waals surface area (Å²) in [7, 11) is 3.81. The number of halogens is 1. The highest BCUT2D eigenvalue weighted by molar-refractivity contribution is 9.10. The summed E-state index contributed by atoms with van der Waals surface area (Å²) in [5, 5.41) is 9.26. The lowest BCUT2D eigenvalue weighted by Gasteiger charge is -2.17. The Labute approximate surface area is 148 Å². The first-order valence-corrected chi connectivity index (χ1v) is 9.33. The van der Waals surface area contributed by atoms with Gasteiger partial charge in [0.15, 0.2) is 5.16 Å². The predicted molar refractivity (Wildman–Crippen MR) is 94.3 cm³/mol. The maximum Gasteiger partial charge on any atom is 0.233 e. The summed E-state index contributed by atoms with van der Waals surface area (Å²) < 4.78 is 3.04. The molecule has 0 radical (unpaired) electrons. The topological polar surface area (TPSA) is 51.0 Å². The van der Waals surface area contributed by atoms with E-state index in [1.165, 1.54) is 24.6 Å². The molecule has 1 aliphatic rings. The molecule has 1 amide bonds. The maximum atomic E-state index is 12.3. The van der Waals surface area contributed by atoms with Crippen LogP contribution in [-0.2, 0) is 18.4 Å². The third-order valence-corrected chi connectivity index (χ3v) is 5.71. The van der Waals surface area contributed by atoms with E-state index < -0.39 is 0 Å². The van der Waals surface area contributed by atoms with E-state index in [-0.39, 0.29) is 5.91 Å². The molecule has 1 aromatic carbocycles. The van der Waals surface area contributed by atoms with Crippen molar-refractivity contribution in [3.8, 4) is 0 Å². The summed E-state index contributed by atoms with van der Waals surface area (Å²) in [6.45, 7) is 0.590. The molecule has 0 atom stereocenters. The van der Waals surface area contributed by atoms with Crippen molar-refractivity contribution in [1.29, 1.82) is 0 Å². The number of benzene rings is 1. The second-order valence-corrected chi connectivity index (χ2v) is 7.60. The summed E-state index contributed by atoms with van der Waals surface area (Å²) in [6.07, 6.45) is 2.40. The van der Waals surface area contributed by atoms with Crippen molar-refractivity contribution >= 4 is 33.6 Å². The Bertz CT molecular complexity index is 714. The average molecular weight is 395 g/mol. The molecule has 1 heterocycles. The fraction of sp³-hybridized carbons (Fsp3) is 0.438. The molecule has 0 saturated heterocycles. The van der Waals surface area contributed by atoms with Gasteiger partial charge in [-0.3, -0.25) is 4.79 Å². The van der Waals surface area contributed by atoms with Crippen LogP contribution in [0.4, 0.5) is 0 Å². The zero-order valence-electron chi connectivity index (χ0n) is 13.2. The van der Waals surface area contributed by atoms with Gasteiger partial charge < -0.3 is 9.47 Å². The molecule has 1 fully saturated rings. The van der Waals surface area contributed by atoms with Crippen LogP contribution >= 0.6 is 27.7 Å². The van der Waals surface area contributed by atoms with Crippen molar-refractivity contribution in [2.24, 2.45) is 7.05 Å². The van der Waals surface area contributed by atoms with Crippen LogP contribution in [-0.4, -0.2) is 38.4 Å². The quantitative estimate of drug-likeness (QED) is 0.705. The molecule has 1 aliphatic carbocycles. The monoisotopic (exact) mass is 394 g/mol. The molecule has 1 aromatic heterocycles. The number of thioether (sulfide) groups is 1. The lowest BCUT2D eigenvalue weighted by molar-refractivity contribution is -0.127. The molecule has 7 heteroatoms. The van der Waals surface area contributed by atoms with Crippen molar-refractivity contribution < 1.29 is 4.79 Å². The Balaban J connectivity index is 1.55. The van der Waals surface area contributed by atoms with Crippen molar-refractivity contribution in [2.45, 2.75) is 30.5 Å². The molecule has 1 saturated carbocycles. The van der Waals surface area contributed by atoms with Crippen LogP contribution in [0, 0.1) is 0 Å². The molecule has 0 N–H and O–H groups in total. The second-order valence-electron chi connectivity index (χ2n) is 5.80.